The largest absolute Gasteiger partial charge is 0.340 e. The van der Waals surface area contributed by atoms with Gasteiger partial charge in [-0.15, -0.1) is 0 Å². The predicted molar refractivity (Wildman–Crippen MR) is 77.8 cm³/mol. The number of aryl methyl sites for hydroxylation is 1. The number of pyridine rings is 1. The van der Waals surface area contributed by atoms with Gasteiger partial charge in [0.25, 0.3) is 5.43 Å². The van der Waals surface area contributed by atoms with E-state index < -0.39 is 27.6 Å². The van der Waals surface area contributed by atoms with Gasteiger partial charge >= 0.3 is 5.69 Å². The maximum absolute atomic E-state index is 13.3. The van der Waals surface area contributed by atoms with Gasteiger partial charge in [0.15, 0.2) is 5.78 Å². The quantitative estimate of drug-likeness (QED) is 0.492. The van der Waals surface area contributed by atoms with E-state index in [-0.39, 0.29) is 22.7 Å². The summed E-state index contributed by atoms with van der Waals surface area (Å²) in [5.74, 6) is -0.980. The summed E-state index contributed by atoms with van der Waals surface area (Å²) in [6.07, 6.45) is 2.24. The molecule has 1 heterocycles. The summed E-state index contributed by atoms with van der Waals surface area (Å²) < 4.78 is 14.5. The van der Waals surface area contributed by atoms with E-state index in [4.69, 9.17) is 11.6 Å². The van der Waals surface area contributed by atoms with Crippen molar-refractivity contribution in [3.63, 3.8) is 0 Å². The Labute approximate surface area is 128 Å². The molecule has 0 unspecified atom stereocenters. The maximum Gasteiger partial charge on any atom is 0.332 e. The van der Waals surface area contributed by atoms with Crippen molar-refractivity contribution in [2.24, 2.45) is 0 Å². The van der Waals surface area contributed by atoms with E-state index in [0.717, 1.165) is 18.3 Å². The summed E-state index contributed by atoms with van der Waals surface area (Å²) in [7, 11) is 0. The van der Waals surface area contributed by atoms with Crippen LogP contribution in [0.25, 0.3) is 0 Å². The minimum absolute atomic E-state index is 0.0383. The number of rotatable bonds is 4. The van der Waals surface area contributed by atoms with Crippen molar-refractivity contribution in [2.45, 2.75) is 13.5 Å². The molecule has 0 amide bonds. The van der Waals surface area contributed by atoms with Gasteiger partial charge < -0.3 is 4.57 Å². The zero-order chi connectivity index (χ0) is 16.4. The van der Waals surface area contributed by atoms with Gasteiger partial charge in [-0.05, 0) is 24.6 Å². The van der Waals surface area contributed by atoms with E-state index in [0.29, 0.717) is 0 Å². The van der Waals surface area contributed by atoms with E-state index in [9.17, 15) is 24.1 Å². The third kappa shape index (κ3) is 3.20. The van der Waals surface area contributed by atoms with Crippen molar-refractivity contribution in [2.75, 3.05) is 0 Å². The second-order valence-electron chi connectivity index (χ2n) is 4.63. The van der Waals surface area contributed by atoms with Crippen molar-refractivity contribution in [1.29, 1.82) is 0 Å². The van der Waals surface area contributed by atoms with Crippen LogP contribution in [0.15, 0.2) is 35.4 Å². The number of carbonyl (C=O) groups is 1. The number of Topliss-reactive ketones (excluding diaryl/α,β-unsaturated/α-hetero) is 1. The highest BCUT2D eigenvalue weighted by molar-refractivity contribution is 6.34. The number of aromatic nitrogens is 1. The fourth-order valence-corrected chi connectivity index (χ4v) is 2.13. The summed E-state index contributed by atoms with van der Waals surface area (Å²) in [6.45, 7) is 1.23. The number of hydrogen-bond acceptors (Lipinski definition) is 4. The zero-order valence-corrected chi connectivity index (χ0v) is 12.1. The molecule has 0 atom stereocenters. The van der Waals surface area contributed by atoms with Gasteiger partial charge in [0.1, 0.15) is 5.82 Å². The lowest BCUT2D eigenvalue weighted by atomic mass is 10.1. The van der Waals surface area contributed by atoms with Gasteiger partial charge in [-0.2, -0.15) is 0 Å². The molecule has 2 aromatic rings. The molecule has 0 saturated carbocycles. The Morgan fingerprint density at radius 1 is 1.45 bits per heavy atom. The molecule has 0 N–H and O–H groups in total. The second-order valence-corrected chi connectivity index (χ2v) is 5.04. The average molecular weight is 325 g/mol. The zero-order valence-electron chi connectivity index (χ0n) is 11.4. The number of hydrogen-bond donors (Lipinski definition) is 0. The van der Waals surface area contributed by atoms with E-state index in [1.807, 2.05) is 0 Å². The summed E-state index contributed by atoms with van der Waals surface area (Å²) >= 11 is 5.84. The van der Waals surface area contributed by atoms with Crippen molar-refractivity contribution >= 4 is 23.1 Å². The summed E-state index contributed by atoms with van der Waals surface area (Å²) in [4.78, 5) is 33.4. The monoisotopic (exact) mass is 324 g/mol. The van der Waals surface area contributed by atoms with Gasteiger partial charge in [0, 0.05) is 17.8 Å². The van der Waals surface area contributed by atoms with E-state index in [1.165, 1.54) is 23.8 Å². The smallest absolute Gasteiger partial charge is 0.332 e. The standard InChI is InChI=1S/C14H10ClFN2O4/c1-8-4-9(10(15)5-11(8)16)14(20)7-17-3-2-13(19)12(6-17)18(21)22/h2-6H,7H2,1H3. The molecule has 0 saturated heterocycles. The van der Waals surface area contributed by atoms with Crippen LogP contribution < -0.4 is 5.43 Å². The van der Waals surface area contributed by atoms with E-state index >= 15 is 0 Å². The van der Waals surface area contributed by atoms with Crippen LogP contribution in [0.4, 0.5) is 10.1 Å². The van der Waals surface area contributed by atoms with Crippen LogP contribution in [0.2, 0.25) is 5.02 Å². The normalized spacial score (nSPS) is 10.5. The molecule has 22 heavy (non-hydrogen) atoms. The van der Waals surface area contributed by atoms with Crippen molar-refractivity contribution in [3.8, 4) is 0 Å². The van der Waals surface area contributed by atoms with Crippen LogP contribution in [0.3, 0.4) is 0 Å². The highest BCUT2D eigenvalue weighted by Gasteiger charge is 2.16. The lowest BCUT2D eigenvalue weighted by Gasteiger charge is -2.08. The number of ketones is 1. The molecule has 114 valence electrons. The molecular weight excluding hydrogens is 315 g/mol. The van der Waals surface area contributed by atoms with Gasteiger partial charge in [0.05, 0.1) is 22.7 Å². The highest BCUT2D eigenvalue weighted by Crippen LogP contribution is 2.21. The van der Waals surface area contributed by atoms with Crippen molar-refractivity contribution in [3.05, 3.63) is 72.9 Å². The van der Waals surface area contributed by atoms with Crippen LogP contribution in [0.5, 0.6) is 0 Å². The lowest BCUT2D eigenvalue weighted by molar-refractivity contribution is -0.386. The van der Waals surface area contributed by atoms with Crippen LogP contribution in [-0.4, -0.2) is 15.3 Å². The fraction of sp³-hybridized carbons (Fsp3) is 0.143. The van der Waals surface area contributed by atoms with Crippen LogP contribution >= 0.6 is 11.6 Å². The van der Waals surface area contributed by atoms with Crippen LogP contribution in [0.1, 0.15) is 15.9 Å². The third-order valence-electron chi connectivity index (χ3n) is 3.03. The summed E-state index contributed by atoms with van der Waals surface area (Å²) in [5.41, 5.74) is -0.999. The molecular formula is C14H10ClFN2O4. The number of halogens is 2. The molecule has 8 heteroatoms. The van der Waals surface area contributed by atoms with E-state index in [2.05, 4.69) is 0 Å². The fourth-order valence-electron chi connectivity index (χ4n) is 1.87. The Kier molecular flexibility index (Phi) is 4.37. The Hall–Kier alpha value is -2.54. The number of benzene rings is 1. The Morgan fingerprint density at radius 2 is 2.14 bits per heavy atom. The van der Waals surface area contributed by atoms with Crippen molar-refractivity contribution < 1.29 is 14.1 Å². The first-order valence-electron chi connectivity index (χ1n) is 6.13. The number of nitrogens with zero attached hydrogens (tertiary/aromatic N) is 2. The predicted octanol–water partition coefficient (Wildman–Crippen LogP) is 2.74. The van der Waals surface area contributed by atoms with Gasteiger partial charge in [-0.3, -0.25) is 19.7 Å². The molecule has 0 spiro atoms. The minimum atomic E-state index is -0.821. The Bertz CT molecular complexity index is 832. The molecule has 0 bridgehead atoms. The maximum atomic E-state index is 13.3. The average Bonchev–Trinajstić information content (AvgIpc) is 2.44. The second kappa shape index (κ2) is 6.07. The molecule has 6 nitrogen and oxygen atoms in total. The summed E-state index contributed by atoms with van der Waals surface area (Å²) in [6, 6.07) is 3.36. The number of nitro groups is 1. The molecule has 0 fully saturated rings. The van der Waals surface area contributed by atoms with Gasteiger partial charge in [-0.1, -0.05) is 11.6 Å². The summed E-state index contributed by atoms with van der Waals surface area (Å²) in [5, 5.41) is 10.7. The molecule has 1 aromatic carbocycles. The first kappa shape index (κ1) is 15.8. The van der Waals surface area contributed by atoms with Gasteiger partial charge in [0.2, 0.25) is 0 Å². The Balaban J connectivity index is 2.34. The van der Waals surface area contributed by atoms with Crippen LogP contribution in [0, 0.1) is 22.9 Å². The molecule has 1 aromatic heterocycles. The van der Waals surface area contributed by atoms with Crippen LogP contribution in [-0.2, 0) is 6.54 Å². The Morgan fingerprint density at radius 3 is 2.77 bits per heavy atom. The number of carbonyl (C=O) groups excluding carboxylic acids is 1. The third-order valence-corrected chi connectivity index (χ3v) is 3.34. The molecule has 0 aliphatic rings. The SMILES string of the molecule is Cc1cc(C(=O)Cn2ccc(=O)c([N+](=O)[O-])c2)c(Cl)cc1F. The first-order valence-corrected chi connectivity index (χ1v) is 6.50. The topological polar surface area (TPSA) is 82.2 Å². The first-order chi connectivity index (χ1) is 10.3. The van der Waals surface area contributed by atoms with Gasteiger partial charge in [-0.25, -0.2) is 4.39 Å². The molecule has 2 rings (SSSR count). The highest BCUT2D eigenvalue weighted by atomic mass is 35.5. The molecule has 0 aliphatic carbocycles. The van der Waals surface area contributed by atoms with Crippen molar-refractivity contribution in [1.82, 2.24) is 4.57 Å². The van der Waals surface area contributed by atoms with E-state index in [1.54, 1.807) is 0 Å². The minimum Gasteiger partial charge on any atom is -0.340 e. The lowest BCUT2D eigenvalue weighted by Crippen LogP contribution is -2.15. The molecule has 0 radical (unpaired) electrons. The molecule has 0 aliphatic heterocycles.